The predicted octanol–water partition coefficient (Wildman–Crippen LogP) is 4.83. The number of benzene rings is 2. The molecule has 158 valence electrons. The second kappa shape index (κ2) is 9.08. The number of anilines is 2. The van der Waals surface area contributed by atoms with E-state index in [0.29, 0.717) is 18.0 Å². The Morgan fingerprint density at radius 3 is 2.27 bits per heavy atom. The SMILES string of the molecule is CCOc1ccccc1NC(=S)Nc1ccn(Cc2c(F)c(F)c(F)c(F)c2F)n1. The number of aromatic nitrogens is 2. The van der Waals surface area contributed by atoms with Crippen molar-refractivity contribution in [2.75, 3.05) is 17.2 Å². The summed E-state index contributed by atoms with van der Waals surface area (Å²) in [6.07, 6.45) is 1.30. The number of halogens is 5. The van der Waals surface area contributed by atoms with Crippen molar-refractivity contribution in [1.29, 1.82) is 0 Å². The number of nitrogens with zero attached hydrogens (tertiary/aromatic N) is 2. The summed E-state index contributed by atoms with van der Waals surface area (Å²) < 4.78 is 74.0. The molecule has 0 atom stereocenters. The average molecular weight is 442 g/mol. The molecule has 0 aliphatic heterocycles. The standard InChI is InChI=1S/C19H15F5N4OS/c1-2-29-12-6-4-3-5-11(12)25-19(30)26-13-7-8-28(27-13)9-10-14(20)16(22)18(24)17(23)15(10)21/h3-8H,2,9H2,1H3,(H2,25,26,27,30). The minimum Gasteiger partial charge on any atom is -0.492 e. The molecule has 30 heavy (non-hydrogen) atoms. The van der Waals surface area contributed by atoms with Gasteiger partial charge in [-0.2, -0.15) is 5.10 Å². The summed E-state index contributed by atoms with van der Waals surface area (Å²) in [5.41, 5.74) is -0.384. The summed E-state index contributed by atoms with van der Waals surface area (Å²) in [4.78, 5) is 0. The van der Waals surface area contributed by atoms with Gasteiger partial charge in [-0.05, 0) is 31.3 Å². The van der Waals surface area contributed by atoms with Crippen molar-refractivity contribution in [2.24, 2.45) is 0 Å². The molecule has 0 unspecified atom stereocenters. The van der Waals surface area contributed by atoms with Crippen molar-refractivity contribution in [3.8, 4) is 5.75 Å². The van der Waals surface area contributed by atoms with Crippen LogP contribution < -0.4 is 15.4 Å². The van der Waals surface area contributed by atoms with E-state index in [2.05, 4.69) is 15.7 Å². The van der Waals surface area contributed by atoms with Gasteiger partial charge in [0.15, 0.2) is 34.2 Å². The highest BCUT2D eigenvalue weighted by Crippen LogP contribution is 2.25. The van der Waals surface area contributed by atoms with Gasteiger partial charge in [-0.3, -0.25) is 4.68 Å². The molecule has 0 amide bonds. The molecule has 0 aliphatic carbocycles. The van der Waals surface area contributed by atoms with Crippen molar-refractivity contribution < 1.29 is 26.7 Å². The van der Waals surface area contributed by atoms with Gasteiger partial charge < -0.3 is 15.4 Å². The van der Waals surface area contributed by atoms with Gasteiger partial charge in [-0.25, -0.2) is 22.0 Å². The van der Waals surface area contributed by atoms with E-state index in [4.69, 9.17) is 17.0 Å². The predicted molar refractivity (Wildman–Crippen MR) is 105 cm³/mol. The Hall–Kier alpha value is -3.21. The van der Waals surface area contributed by atoms with Crippen LogP contribution in [0.5, 0.6) is 5.75 Å². The summed E-state index contributed by atoms with van der Waals surface area (Å²) in [6.45, 7) is 1.63. The number of hydrogen-bond acceptors (Lipinski definition) is 3. The van der Waals surface area contributed by atoms with Gasteiger partial charge in [0.25, 0.3) is 0 Å². The highest BCUT2D eigenvalue weighted by atomic mass is 32.1. The molecule has 5 nitrogen and oxygen atoms in total. The van der Waals surface area contributed by atoms with E-state index in [1.165, 1.54) is 12.3 Å². The Kier molecular flexibility index (Phi) is 6.50. The third-order valence-corrected chi connectivity index (χ3v) is 4.14. The Bertz CT molecular complexity index is 1060. The van der Waals surface area contributed by atoms with Crippen LogP contribution in [0.15, 0.2) is 36.5 Å². The van der Waals surface area contributed by atoms with E-state index in [1.807, 2.05) is 6.92 Å². The van der Waals surface area contributed by atoms with Gasteiger partial charge in [0.2, 0.25) is 5.82 Å². The largest absolute Gasteiger partial charge is 0.492 e. The van der Waals surface area contributed by atoms with Crippen LogP contribution in [0.2, 0.25) is 0 Å². The molecule has 0 fully saturated rings. The monoisotopic (exact) mass is 442 g/mol. The van der Waals surface area contributed by atoms with E-state index in [9.17, 15) is 22.0 Å². The first kappa shape index (κ1) is 21.5. The zero-order chi connectivity index (χ0) is 21.8. The fourth-order valence-electron chi connectivity index (χ4n) is 2.59. The maximum atomic E-state index is 13.8. The highest BCUT2D eigenvalue weighted by Gasteiger charge is 2.25. The number of rotatable bonds is 6. The minimum absolute atomic E-state index is 0.156. The van der Waals surface area contributed by atoms with E-state index in [0.717, 1.165) is 4.68 Å². The lowest BCUT2D eigenvalue weighted by Gasteiger charge is -2.13. The van der Waals surface area contributed by atoms with Crippen LogP contribution in [0.3, 0.4) is 0 Å². The lowest BCUT2D eigenvalue weighted by atomic mass is 10.1. The maximum Gasteiger partial charge on any atom is 0.200 e. The fraction of sp³-hybridized carbons (Fsp3) is 0.158. The summed E-state index contributed by atoms with van der Waals surface area (Å²) in [7, 11) is 0. The van der Waals surface area contributed by atoms with E-state index in [-0.39, 0.29) is 10.9 Å². The zero-order valence-electron chi connectivity index (χ0n) is 15.5. The van der Waals surface area contributed by atoms with Gasteiger partial charge in [0.1, 0.15) is 5.75 Å². The van der Waals surface area contributed by atoms with Crippen LogP contribution in [-0.4, -0.2) is 21.5 Å². The quantitative estimate of drug-likeness (QED) is 0.248. The van der Waals surface area contributed by atoms with Gasteiger partial charge in [-0.15, -0.1) is 0 Å². The second-order valence-electron chi connectivity index (χ2n) is 5.96. The number of nitrogens with one attached hydrogen (secondary N) is 2. The molecular formula is C19H15F5N4OS. The average Bonchev–Trinajstić information content (AvgIpc) is 3.16. The molecule has 11 heteroatoms. The van der Waals surface area contributed by atoms with Crippen molar-refractivity contribution in [3.05, 3.63) is 71.2 Å². The third kappa shape index (κ3) is 4.51. The lowest BCUT2D eigenvalue weighted by Crippen LogP contribution is -2.20. The Morgan fingerprint density at radius 2 is 1.60 bits per heavy atom. The maximum absolute atomic E-state index is 13.8. The highest BCUT2D eigenvalue weighted by molar-refractivity contribution is 7.80. The van der Waals surface area contributed by atoms with Crippen molar-refractivity contribution in [3.63, 3.8) is 0 Å². The van der Waals surface area contributed by atoms with E-state index in [1.54, 1.807) is 24.3 Å². The van der Waals surface area contributed by atoms with Gasteiger partial charge in [0, 0.05) is 12.3 Å². The summed E-state index contributed by atoms with van der Waals surface area (Å²) in [5.74, 6) is -9.24. The molecule has 1 aromatic heterocycles. The first-order valence-corrected chi connectivity index (χ1v) is 9.06. The molecule has 0 spiro atoms. The summed E-state index contributed by atoms with van der Waals surface area (Å²) >= 11 is 5.20. The Morgan fingerprint density at radius 1 is 0.967 bits per heavy atom. The van der Waals surface area contributed by atoms with Crippen LogP contribution >= 0.6 is 12.2 Å². The fourth-order valence-corrected chi connectivity index (χ4v) is 2.80. The van der Waals surface area contributed by atoms with Crippen LogP contribution in [-0.2, 0) is 6.54 Å². The second-order valence-corrected chi connectivity index (χ2v) is 6.36. The number of thiocarbonyl (C=S) groups is 1. The number of ether oxygens (including phenoxy) is 1. The van der Waals surface area contributed by atoms with E-state index < -0.39 is 41.2 Å². The summed E-state index contributed by atoms with van der Waals surface area (Å²) in [5, 5.41) is 9.83. The molecule has 2 N–H and O–H groups in total. The molecule has 0 radical (unpaired) electrons. The molecule has 3 aromatic rings. The van der Waals surface area contributed by atoms with Crippen LogP contribution in [0.4, 0.5) is 33.5 Å². The Labute approximate surface area is 173 Å². The zero-order valence-corrected chi connectivity index (χ0v) is 16.3. The normalized spacial score (nSPS) is 10.7. The number of hydrogen-bond donors (Lipinski definition) is 2. The topological polar surface area (TPSA) is 51.1 Å². The molecular weight excluding hydrogens is 427 g/mol. The molecule has 3 rings (SSSR count). The molecule has 0 aliphatic rings. The third-order valence-electron chi connectivity index (χ3n) is 3.94. The lowest BCUT2D eigenvalue weighted by molar-refractivity contribution is 0.342. The number of para-hydroxylation sites is 2. The minimum atomic E-state index is -2.21. The van der Waals surface area contributed by atoms with Gasteiger partial charge >= 0.3 is 0 Å². The molecule has 2 aromatic carbocycles. The molecule has 0 saturated carbocycles. The van der Waals surface area contributed by atoms with Crippen molar-refractivity contribution in [2.45, 2.75) is 13.5 Å². The van der Waals surface area contributed by atoms with Crippen molar-refractivity contribution in [1.82, 2.24) is 9.78 Å². The first-order chi connectivity index (χ1) is 14.3. The smallest absolute Gasteiger partial charge is 0.200 e. The first-order valence-electron chi connectivity index (χ1n) is 8.65. The van der Waals surface area contributed by atoms with Gasteiger partial charge in [0.05, 0.1) is 24.4 Å². The summed E-state index contributed by atoms with van der Waals surface area (Å²) in [6, 6.07) is 8.52. The molecule has 1 heterocycles. The van der Waals surface area contributed by atoms with Crippen LogP contribution in [0.1, 0.15) is 12.5 Å². The van der Waals surface area contributed by atoms with Gasteiger partial charge in [-0.1, -0.05) is 12.1 Å². The Balaban J connectivity index is 1.72. The van der Waals surface area contributed by atoms with Crippen LogP contribution in [0, 0.1) is 29.1 Å². The van der Waals surface area contributed by atoms with Crippen molar-refractivity contribution >= 4 is 28.8 Å². The van der Waals surface area contributed by atoms with Crippen LogP contribution in [0.25, 0.3) is 0 Å². The van der Waals surface area contributed by atoms with E-state index >= 15 is 0 Å². The molecule has 0 bridgehead atoms. The molecule has 0 saturated heterocycles.